The summed E-state index contributed by atoms with van der Waals surface area (Å²) in [6.07, 6.45) is 1.76. The van der Waals surface area contributed by atoms with Crippen LogP contribution in [0, 0.1) is 0 Å². The van der Waals surface area contributed by atoms with E-state index in [0.717, 1.165) is 21.5 Å². The zero-order valence-corrected chi connectivity index (χ0v) is 14.8. The van der Waals surface area contributed by atoms with Gasteiger partial charge in [0.05, 0.1) is 19.8 Å². The Hall–Kier alpha value is -2.27. The largest absolute Gasteiger partial charge is 0.497 e. The summed E-state index contributed by atoms with van der Waals surface area (Å²) in [6, 6.07) is 15.1. The molecular formula is C18H18BrNO3. The van der Waals surface area contributed by atoms with Crippen LogP contribution < -0.4 is 9.64 Å². The molecule has 0 amide bonds. The Kier molecular flexibility index (Phi) is 5.82. The van der Waals surface area contributed by atoms with Gasteiger partial charge >= 0.3 is 5.97 Å². The number of hydrogen-bond donors (Lipinski definition) is 0. The molecule has 0 N–H and O–H groups in total. The minimum absolute atomic E-state index is 0.390. The monoisotopic (exact) mass is 375 g/mol. The summed E-state index contributed by atoms with van der Waals surface area (Å²) in [5, 5.41) is 0. The number of carbonyl (C=O) groups is 1. The standard InChI is InChI=1S/C18H18BrNO3/c1-20(15-8-6-14(19)7-9-15)12-17(18(21)23-3)13-4-10-16(22-2)11-5-13/h4-12H,1-3H3/b17-12-. The number of esters is 1. The maximum atomic E-state index is 12.1. The highest BCUT2D eigenvalue weighted by molar-refractivity contribution is 9.10. The molecule has 0 bridgehead atoms. The van der Waals surface area contributed by atoms with E-state index in [1.807, 2.05) is 60.5 Å². The van der Waals surface area contributed by atoms with Crippen LogP contribution in [0.3, 0.4) is 0 Å². The van der Waals surface area contributed by atoms with Crippen molar-refractivity contribution in [2.75, 3.05) is 26.2 Å². The van der Waals surface area contributed by atoms with Crippen LogP contribution in [0.5, 0.6) is 5.75 Å². The first-order valence-corrected chi connectivity index (χ1v) is 7.77. The van der Waals surface area contributed by atoms with Crippen LogP contribution >= 0.6 is 15.9 Å². The molecule has 4 nitrogen and oxygen atoms in total. The molecule has 120 valence electrons. The lowest BCUT2D eigenvalue weighted by molar-refractivity contribution is -0.133. The first-order valence-electron chi connectivity index (χ1n) is 6.98. The van der Waals surface area contributed by atoms with E-state index in [-0.39, 0.29) is 5.97 Å². The van der Waals surface area contributed by atoms with Gasteiger partial charge in [0.1, 0.15) is 5.75 Å². The molecule has 0 saturated heterocycles. The second kappa shape index (κ2) is 7.83. The number of rotatable bonds is 5. The van der Waals surface area contributed by atoms with Crippen molar-refractivity contribution in [3.8, 4) is 5.75 Å². The molecule has 0 heterocycles. The maximum Gasteiger partial charge on any atom is 0.339 e. The van der Waals surface area contributed by atoms with Gasteiger partial charge in [0.2, 0.25) is 0 Å². The fraction of sp³-hybridized carbons (Fsp3) is 0.167. The van der Waals surface area contributed by atoms with Crippen molar-refractivity contribution in [3.63, 3.8) is 0 Å². The molecule has 0 atom stereocenters. The Bertz CT molecular complexity index is 693. The van der Waals surface area contributed by atoms with Crippen molar-refractivity contribution in [2.24, 2.45) is 0 Å². The zero-order valence-electron chi connectivity index (χ0n) is 13.2. The Balaban J connectivity index is 2.36. The van der Waals surface area contributed by atoms with Crippen LogP contribution in [0.1, 0.15) is 5.56 Å². The van der Waals surface area contributed by atoms with Gasteiger partial charge in [-0.25, -0.2) is 4.79 Å². The third kappa shape index (κ3) is 4.36. The predicted molar refractivity (Wildman–Crippen MR) is 95.5 cm³/mol. The molecule has 0 fully saturated rings. The number of carbonyl (C=O) groups excluding carboxylic acids is 1. The highest BCUT2D eigenvalue weighted by Gasteiger charge is 2.14. The normalized spacial score (nSPS) is 11.0. The molecule has 2 aromatic carbocycles. The number of nitrogens with zero attached hydrogens (tertiary/aromatic N) is 1. The van der Waals surface area contributed by atoms with Crippen LogP contribution in [0.4, 0.5) is 5.69 Å². The van der Waals surface area contributed by atoms with Crippen molar-refractivity contribution in [1.29, 1.82) is 0 Å². The molecule has 0 aliphatic heterocycles. The van der Waals surface area contributed by atoms with Crippen molar-refractivity contribution in [1.82, 2.24) is 0 Å². The van der Waals surface area contributed by atoms with Gasteiger partial charge in [0, 0.05) is 23.4 Å². The average molecular weight is 376 g/mol. The first kappa shape index (κ1) is 17.1. The Morgan fingerprint density at radius 1 is 1.04 bits per heavy atom. The lowest BCUT2D eigenvalue weighted by atomic mass is 10.1. The SMILES string of the molecule is COC(=O)/C(=C\N(C)c1ccc(Br)cc1)c1ccc(OC)cc1. The number of ether oxygens (including phenoxy) is 2. The summed E-state index contributed by atoms with van der Waals surface area (Å²) in [5.74, 6) is 0.346. The molecule has 0 unspecified atom stereocenters. The van der Waals surface area contributed by atoms with Crippen molar-refractivity contribution in [2.45, 2.75) is 0 Å². The summed E-state index contributed by atoms with van der Waals surface area (Å²) in [7, 11) is 4.86. The van der Waals surface area contributed by atoms with Gasteiger partial charge in [-0.15, -0.1) is 0 Å². The molecular weight excluding hydrogens is 358 g/mol. The Labute approximate surface area is 144 Å². The van der Waals surface area contributed by atoms with Crippen LogP contribution in [0.25, 0.3) is 5.57 Å². The van der Waals surface area contributed by atoms with Crippen molar-refractivity contribution < 1.29 is 14.3 Å². The predicted octanol–water partition coefficient (Wildman–Crippen LogP) is 4.11. The van der Waals surface area contributed by atoms with Crippen molar-refractivity contribution in [3.05, 3.63) is 64.8 Å². The molecule has 0 aliphatic rings. The van der Waals surface area contributed by atoms with Gasteiger partial charge in [-0.05, 0) is 42.0 Å². The molecule has 0 radical (unpaired) electrons. The minimum atomic E-state index is -0.390. The fourth-order valence-corrected chi connectivity index (χ4v) is 2.33. The summed E-state index contributed by atoms with van der Waals surface area (Å²) in [4.78, 5) is 14.0. The Morgan fingerprint density at radius 3 is 2.17 bits per heavy atom. The van der Waals surface area contributed by atoms with E-state index in [4.69, 9.17) is 9.47 Å². The quantitative estimate of drug-likeness (QED) is 0.582. The molecule has 0 aromatic heterocycles. The van der Waals surface area contributed by atoms with Gasteiger partial charge in [-0.3, -0.25) is 0 Å². The summed E-state index contributed by atoms with van der Waals surface area (Å²) in [5.41, 5.74) is 2.20. The van der Waals surface area contributed by atoms with Gasteiger partial charge in [-0.2, -0.15) is 0 Å². The lowest BCUT2D eigenvalue weighted by Gasteiger charge is -2.17. The first-order chi connectivity index (χ1) is 11.0. The third-order valence-electron chi connectivity index (χ3n) is 3.36. The van der Waals surface area contributed by atoms with E-state index < -0.39 is 0 Å². The van der Waals surface area contributed by atoms with Gasteiger partial charge in [0.15, 0.2) is 0 Å². The van der Waals surface area contributed by atoms with Gasteiger partial charge < -0.3 is 14.4 Å². The zero-order chi connectivity index (χ0) is 16.8. The van der Waals surface area contributed by atoms with E-state index in [1.54, 1.807) is 13.3 Å². The maximum absolute atomic E-state index is 12.1. The van der Waals surface area contributed by atoms with Crippen LogP contribution in [-0.4, -0.2) is 27.2 Å². The second-order valence-electron chi connectivity index (χ2n) is 4.85. The molecule has 0 aliphatic carbocycles. The number of halogens is 1. The molecule has 5 heteroatoms. The molecule has 2 aromatic rings. The minimum Gasteiger partial charge on any atom is -0.497 e. The highest BCUT2D eigenvalue weighted by Crippen LogP contribution is 2.23. The lowest BCUT2D eigenvalue weighted by Crippen LogP contribution is -2.13. The summed E-state index contributed by atoms with van der Waals surface area (Å²) in [6.45, 7) is 0. The van der Waals surface area contributed by atoms with Crippen LogP contribution in [0.2, 0.25) is 0 Å². The summed E-state index contributed by atoms with van der Waals surface area (Å²) >= 11 is 3.41. The van der Waals surface area contributed by atoms with Gasteiger partial charge in [0.25, 0.3) is 0 Å². The highest BCUT2D eigenvalue weighted by atomic mass is 79.9. The van der Waals surface area contributed by atoms with E-state index in [1.165, 1.54) is 7.11 Å². The van der Waals surface area contributed by atoms with Crippen LogP contribution in [-0.2, 0) is 9.53 Å². The van der Waals surface area contributed by atoms with E-state index in [9.17, 15) is 4.79 Å². The van der Waals surface area contributed by atoms with E-state index >= 15 is 0 Å². The number of hydrogen-bond acceptors (Lipinski definition) is 4. The second-order valence-corrected chi connectivity index (χ2v) is 5.77. The number of methoxy groups -OCH3 is 2. The topological polar surface area (TPSA) is 38.8 Å². The van der Waals surface area contributed by atoms with E-state index in [0.29, 0.717) is 5.57 Å². The molecule has 23 heavy (non-hydrogen) atoms. The number of anilines is 1. The van der Waals surface area contributed by atoms with Crippen molar-refractivity contribution >= 4 is 33.2 Å². The fourth-order valence-electron chi connectivity index (χ4n) is 2.07. The van der Waals surface area contributed by atoms with Crippen LogP contribution in [0.15, 0.2) is 59.2 Å². The third-order valence-corrected chi connectivity index (χ3v) is 3.89. The molecule has 0 spiro atoms. The molecule has 2 rings (SSSR count). The molecule has 0 saturated carbocycles. The average Bonchev–Trinajstić information content (AvgIpc) is 2.59. The smallest absolute Gasteiger partial charge is 0.339 e. The number of benzene rings is 2. The van der Waals surface area contributed by atoms with E-state index in [2.05, 4.69) is 15.9 Å². The van der Waals surface area contributed by atoms with Gasteiger partial charge in [-0.1, -0.05) is 28.1 Å². The summed E-state index contributed by atoms with van der Waals surface area (Å²) < 4.78 is 11.1. The Morgan fingerprint density at radius 2 is 1.65 bits per heavy atom.